The smallest absolute Gasteiger partial charge is 0.340 e. The second-order valence-electron chi connectivity index (χ2n) is 6.25. The Bertz CT molecular complexity index is 473. The number of phenols is 1. The minimum atomic E-state index is -2.06. The van der Waals surface area contributed by atoms with Crippen molar-refractivity contribution in [3.05, 3.63) is 28.8 Å². The zero-order valence-electron chi connectivity index (χ0n) is 14.8. The first-order valence-electron chi connectivity index (χ1n) is 7.61. The Balaban J connectivity index is 0.000000561. The normalized spacial score (nSPS) is 13.5. The van der Waals surface area contributed by atoms with E-state index in [0.29, 0.717) is 5.75 Å². The highest BCUT2D eigenvalue weighted by atomic mass is 31.2. The fourth-order valence-electron chi connectivity index (χ4n) is 2.06. The van der Waals surface area contributed by atoms with Gasteiger partial charge in [-0.1, -0.05) is 40.2 Å². The molecule has 9 heteroatoms. The molecule has 2 unspecified atom stereocenters. The minimum Gasteiger partial charge on any atom is -0.508 e. The van der Waals surface area contributed by atoms with Crippen LogP contribution in [0.2, 0.25) is 0 Å². The van der Waals surface area contributed by atoms with Gasteiger partial charge in [-0.3, -0.25) is 8.62 Å². The van der Waals surface area contributed by atoms with Gasteiger partial charge in [0.05, 0.1) is 0 Å². The van der Waals surface area contributed by atoms with Gasteiger partial charge in [-0.05, 0) is 47.9 Å². The minimum absolute atomic E-state index is 0.0126. The molecule has 2 atom stereocenters. The monoisotopic (exact) mass is 398 g/mol. The van der Waals surface area contributed by atoms with E-state index < -0.39 is 26.7 Å². The van der Waals surface area contributed by atoms with Crippen LogP contribution in [0.3, 0.4) is 0 Å². The van der Waals surface area contributed by atoms with Crippen LogP contribution >= 0.6 is 26.7 Å². The van der Waals surface area contributed by atoms with E-state index in [-0.39, 0.29) is 5.41 Å². The molecule has 1 rings (SSSR count). The number of aromatic hydroxyl groups is 1. The first-order chi connectivity index (χ1) is 11.2. The summed E-state index contributed by atoms with van der Waals surface area (Å²) in [5.41, 5.74) is 3.66. The molecule has 1 aromatic rings. The van der Waals surface area contributed by atoms with Crippen molar-refractivity contribution in [3.8, 4) is 5.75 Å². The third kappa shape index (κ3) is 9.56. The molecular weight excluding hydrogens is 369 g/mol. The van der Waals surface area contributed by atoms with Gasteiger partial charge in [-0.15, -0.1) is 0 Å². The molecule has 0 aromatic heterocycles. The fourth-order valence-corrected chi connectivity index (χ4v) is 3.11. The van der Waals surface area contributed by atoms with E-state index in [9.17, 15) is 5.11 Å². The van der Waals surface area contributed by atoms with Gasteiger partial charge in [0.1, 0.15) is 5.75 Å². The second-order valence-corrected chi connectivity index (χ2v) is 8.55. The van der Waals surface area contributed by atoms with Crippen molar-refractivity contribution in [3.63, 3.8) is 0 Å². The van der Waals surface area contributed by atoms with Crippen LogP contribution < -0.4 is 0 Å². The van der Waals surface area contributed by atoms with Gasteiger partial charge in [-0.2, -0.15) is 0 Å². The average molecular weight is 398 g/mol. The predicted octanol–water partition coefficient (Wildman–Crippen LogP) is 4.58. The molecule has 0 fully saturated rings. The molecule has 0 aliphatic carbocycles. The molecule has 0 spiro atoms. The first kappa shape index (κ1) is 24.1. The van der Waals surface area contributed by atoms with Crippen LogP contribution in [0.15, 0.2) is 12.1 Å². The molecule has 0 saturated carbocycles. The highest BCUT2D eigenvalue weighted by Gasteiger charge is 2.19. The molecule has 24 heavy (non-hydrogen) atoms. The number of unbranched alkanes of at least 4 members (excludes halogenated alkanes) is 1. The van der Waals surface area contributed by atoms with E-state index in [2.05, 4.69) is 49.3 Å². The largest absolute Gasteiger partial charge is 0.508 e. The summed E-state index contributed by atoms with van der Waals surface area (Å²) in [6, 6.07) is 4.09. The highest BCUT2D eigenvalue weighted by molar-refractivity contribution is 7.54. The number of hydrogen-bond donors (Lipinski definition) is 4. The summed E-state index contributed by atoms with van der Waals surface area (Å²) >= 11 is 0. The topological polar surface area (TPSA) is 99.4 Å². The van der Waals surface area contributed by atoms with Crippen LogP contribution in [0.4, 0.5) is 0 Å². The van der Waals surface area contributed by atoms with Gasteiger partial charge in [0, 0.05) is 0 Å². The molecule has 0 amide bonds. The molecule has 1 aromatic carbocycles. The van der Waals surface area contributed by atoms with Crippen LogP contribution in [0, 0.1) is 6.92 Å². The SMILES string of the molecule is CCCCc1cc(C(C)(C)C)c(O)cc1C.OPOP(O)OPO. The lowest BCUT2D eigenvalue weighted by Gasteiger charge is -2.22. The summed E-state index contributed by atoms with van der Waals surface area (Å²) in [7, 11) is -3.67. The Kier molecular flexibility index (Phi) is 12.5. The Labute approximate surface area is 149 Å². The Hall–Kier alpha value is 0.110. The maximum Gasteiger partial charge on any atom is 0.340 e. The molecule has 0 radical (unpaired) electrons. The van der Waals surface area contributed by atoms with E-state index in [0.717, 1.165) is 12.0 Å². The molecule has 0 heterocycles. The molecule has 0 bridgehead atoms. The molecule has 6 nitrogen and oxygen atoms in total. The Morgan fingerprint density at radius 3 is 2.08 bits per heavy atom. The van der Waals surface area contributed by atoms with E-state index in [1.54, 1.807) is 0 Å². The molecule has 0 aliphatic heterocycles. The van der Waals surface area contributed by atoms with Gasteiger partial charge in [0.15, 0.2) is 18.1 Å². The fraction of sp³-hybridized carbons (Fsp3) is 0.600. The highest BCUT2D eigenvalue weighted by Crippen LogP contribution is 2.43. The summed E-state index contributed by atoms with van der Waals surface area (Å²) in [6.45, 7) is 10.7. The number of aryl methyl sites for hydroxylation is 2. The molecule has 0 aliphatic rings. The number of phenolic OH excluding ortho intramolecular Hbond substituents is 1. The lowest BCUT2D eigenvalue weighted by molar-refractivity contribution is 0.385. The summed E-state index contributed by atoms with van der Waals surface area (Å²) in [5.74, 6) is 0.435. The third-order valence-electron chi connectivity index (χ3n) is 3.30. The van der Waals surface area contributed by atoms with Gasteiger partial charge >= 0.3 is 8.60 Å². The van der Waals surface area contributed by atoms with Crippen LogP contribution in [0.25, 0.3) is 0 Å². The first-order valence-corrected chi connectivity index (χ1v) is 10.5. The number of hydrogen-bond acceptors (Lipinski definition) is 6. The van der Waals surface area contributed by atoms with Crippen molar-refractivity contribution >= 4 is 26.7 Å². The van der Waals surface area contributed by atoms with Gasteiger partial charge in [-0.25, -0.2) is 0 Å². The predicted molar refractivity (Wildman–Crippen MR) is 103 cm³/mol. The standard InChI is InChI=1S/C15H24O.H5O5P3/c1-6-7-8-12-10-13(15(3,4)5)14(16)9-11(12)2;1-6-4-8(3)5-7-2/h9-10,16H,6-8H2,1-5H3;1-3,6-7H. The maximum absolute atomic E-state index is 9.98. The summed E-state index contributed by atoms with van der Waals surface area (Å²) < 4.78 is 8.22. The zero-order chi connectivity index (χ0) is 18.8. The average Bonchev–Trinajstić information content (AvgIpc) is 2.46. The lowest BCUT2D eigenvalue weighted by Crippen LogP contribution is -2.12. The summed E-state index contributed by atoms with van der Waals surface area (Å²) in [4.78, 5) is 24.3. The van der Waals surface area contributed by atoms with Crippen molar-refractivity contribution < 1.29 is 28.4 Å². The Morgan fingerprint density at radius 2 is 1.67 bits per heavy atom. The lowest BCUT2D eigenvalue weighted by atomic mass is 9.84. The second kappa shape index (κ2) is 12.5. The van der Waals surface area contributed by atoms with Gasteiger partial charge in [0.25, 0.3) is 0 Å². The summed E-state index contributed by atoms with van der Waals surface area (Å²) in [5, 5.41) is 9.98. The molecule has 140 valence electrons. The number of rotatable bonds is 7. The van der Waals surface area contributed by atoms with Crippen molar-refractivity contribution in [1.82, 2.24) is 0 Å². The van der Waals surface area contributed by atoms with Crippen molar-refractivity contribution in [1.29, 1.82) is 0 Å². The number of benzene rings is 1. The van der Waals surface area contributed by atoms with Gasteiger partial charge in [0.2, 0.25) is 0 Å². The zero-order valence-corrected chi connectivity index (χ0v) is 17.7. The van der Waals surface area contributed by atoms with Crippen LogP contribution in [-0.4, -0.2) is 19.8 Å². The maximum atomic E-state index is 9.98. The van der Waals surface area contributed by atoms with Crippen LogP contribution in [-0.2, 0) is 20.5 Å². The molecule has 0 saturated heterocycles. The van der Waals surface area contributed by atoms with E-state index in [1.807, 2.05) is 6.07 Å². The van der Waals surface area contributed by atoms with Crippen molar-refractivity contribution in [2.24, 2.45) is 0 Å². The van der Waals surface area contributed by atoms with Crippen LogP contribution in [0.1, 0.15) is 57.2 Å². The summed E-state index contributed by atoms with van der Waals surface area (Å²) in [6.07, 6.45) is 3.55. The van der Waals surface area contributed by atoms with Crippen molar-refractivity contribution in [2.75, 3.05) is 0 Å². The van der Waals surface area contributed by atoms with Crippen molar-refractivity contribution in [2.45, 2.75) is 59.3 Å². The van der Waals surface area contributed by atoms with E-state index >= 15 is 0 Å². The van der Waals surface area contributed by atoms with Gasteiger partial charge < -0.3 is 19.8 Å². The van der Waals surface area contributed by atoms with Crippen LogP contribution in [0.5, 0.6) is 5.75 Å². The quantitative estimate of drug-likeness (QED) is 0.502. The molecule has 4 N–H and O–H groups in total. The van der Waals surface area contributed by atoms with E-state index in [4.69, 9.17) is 14.7 Å². The third-order valence-corrected chi connectivity index (χ3v) is 5.20. The molecular formula is C15H29O6P3. The van der Waals surface area contributed by atoms with E-state index in [1.165, 1.54) is 24.0 Å². The Morgan fingerprint density at radius 1 is 1.12 bits per heavy atom.